The summed E-state index contributed by atoms with van der Waals surface area (Å²) in [7, 11) is 5.43. The molecule has 1 atom stereocenters. The fourth-order valence-corrected chi connectivity index (χ4v) is 7.76. The number of fused-ring (bicyclic) bond motifs is 2. The second kappa shape index (κ2) is 13.3. The minimum atomic E-state index is -1.17. The summed E-state index contributed by atoms with van der Waals surface area (Å²) < 4.78 is 19.9. The molecular formula is C36H41ClN4O5S. The van der Waals surface area contributed by atoms with E-state index in [1.165, 1.54) is 0 Å². The van der Waals surface area contributed by atoms with Crippen LogP contribution in [0.5, 0.6) is 0 Å². The summed E-state index contributed by atoms with van der Waals surface area (Å²) in [4.78, 5) is 20.2. The molecule has 0 radical (unpaired) electrons. The van der Waals surface area contributed by atoms with E-state index in [9.17, 15) is 9.90 Å². The minimum Gasteiger partial charge on any atom is -0.479 e. The van der Waals surface area contributed by atoms with Gasteiger partial charge in [0.1, 0.15) is 5.01 Å². The standard InChI is InChI=1S/C36H41ClN4O5S/c1-20-14-27-33(30(21-8-11-24(37)12-9-21)29(20)32(35(42)43)46-36(2,3)4)47-34(38-27)22-10-13-28-26(15-22)31(39-40(28)5)23-16-41(17-23)25(18-44-6)19-45-7/h8-15,23,25,32H,16-19H2,1-7H3,(H,42,43)/t32-/m0/s1. The Bertz CT molecular complexity index is 1920. The molecule has 1 aliphatic rings. The molecule has 1 N–H and O–H groups in total. The van der Waals surface area contributed by atoms with E-state index in [1.54, 1.807) is 25.6 Å². The molecule has 0 spiro atoms. The Balaban J connectivity index is 1.44. The summed E-state index contributed by atoms with van der Waals surface area (Å²) >= 11 is 7.83. The molecule has 0 aliphatic carbocycles. The number of ether oxygens (including phenoxy) is 3. The van der Waals surface area contributed by atoms with Crippen molar-refractivity contribution < 1.29 is 24.1 Å². The van der Waals surface area contributed by atoms with Gasteiger partial charge in [0.05, 0.1) is 46.3 Å². The summed E-state index contributed by atoms with van der Waals surface area (Å²) in [5.41, 5.74) is 6.35. The highest BCUT2D eigenvalue weighted by atomic mass is 35.5. The van der Waals surface area contributed by atoms with Crippen LogP contribution in [0.4, 0.5) is 0 Å². The van der Waals surface area contributed by atoms with Crippen molar-refractivity contribution in [1.82, 2.24) is 19.7 Å². The molecule has 11 heteroatoms. The van der Waals surface area contributed by atoms with E-state index in [0.29, 0.717) is 29.7 Å². The molecule has 1 saturated heterocycles. The van der Waals surface area contributed by atoms with Gasteiger partial charge in [0, 0.05) is 67.4 Å². The van der Waals surface area contributed by atoms with Crippen LogP contribution in [0.1, 0.15) is 49.6 Å². The number of rotatable bonds is 11. The summed E-state index contributed by atoms with van der Waals surface area (Å²) in [6.07, 6.45) is -1.17. The van der Waals surface area contributed by atoms with Gasteiger partial charge in [-0.3, -0.25) is 9.58 Å². The number of carbonyl (C=O) groups is 1. The normalized spacial score (nSPS) is 15.2. The third-order valence-electron chi connectivity index (χ3n) is 8.68. The quantitative estimate of drug-likeness (QED) is 0.154. The Morgan fingerprint density at radius 2 is 1.72 bits per heavy atom. The van der Waals surface area contributed by atoms with E-state index in [2.05, 4.69) is 23.1 Å². The second-order valence-corrected chi connectivity index (χ2v) is 14.7. The molecule has 6 rings (SSSR count). The fraction of sp³-hybridized carbons (Fsp3) is 0.417. The number of benzene rings is 3. The first-order chi connectivity index (χ1) is 22.4. The van der Waals surface area contributed by atoms with Crippen LogP contribution < -0.4 is 0 Å². The Kier molecular flexibility index (Phi) is 9.46. The van der Waals surface area contributed by atoms with Gasteiger partial charge in [-0.2, -0.15) is 5.10 Å². The Morgan fingerprint density at radius 1 is 1.06 bits per heavy atom. The number of hydrogen-bond acceptors (Lipinski definition) is 8. The van der Waals surface area contributed by atoms with E-state index in [1.807, 2.05) is 69.8 Å². The van der Waals surface area contributed by atoms with E-state index in [-0.39, 0.29) is 6.04 Å². The lowest BCUT2D eigenvalue weighted by Gasteiger charge is -2.43. The number of carboxylic acid groups (broad SMARTS) is 1. The Hall–Kier alpha value is -3.38. The van der Waals surface area contributed by atoms with Crippen LogP contribution in [0.2, 0.25) is 5.02 Å². The van der Waals surface area contributed by atoms with Gasteiger partial charge in [-0.1, -0.05) is 23.7 Å². The zero-order chi connectivity index (χ0) is 33.6. The number of aryl methyl sites for hydroxylation is 2. The highest BCUT2D eigenvalue weighted by molar-refractivity contribution is 7.22. The van der Waals surface area contributed by atoms with E-state index in [0.717, 1.165) is 67.2 Å². The third kappa shape index (κ3) is 6.68. The smallest absolute Gasteiger partial charge is 0.337 e. The average Bonchev–Trinajstić information content (AvgIpc) is 3.55. The molecule has 2 aromatic heterocycles. The summed E-state index contributed by atoms with van der Waals surface area (Å²) in [5.74, 6) is -0.736. The zero-order valence-electron chi connectivity index (χ0n) is 27.8. The van der Waals surface area contributed by atoms with E-state index in [4.69, 9.17) is 35.9 Å². The van der Waals surface area contributed by atoms with Crippen LogP contribution in [0.15, 0.2) is 48.5 Å². The lowest BCUT2D eigenvalue weighted by atomic mass is 9.91. The zero-order valence-corrected chi connectivity index (χ0v) is 29.4. The summed E-state index contributed by atoms with van der Waals surface area (Å²) in [5, 5.41) is 17.9. The molecule has 9 nitrogen and oxygen atoms in total. The molecule has 47 heavy (non-hydrogen) atoms. The van der Waals surface area contributed by atoms with Crippen molar-refractivity contribution in [2.75, 3.05) is 40.5 Å². The van der Waals surface area contributed by atoms with Crippen molar-refractivity contribution >= 4 is 50.0 Å². The number of likely N-dealkylation sites (tertiary alicyclic amines) is 1. The number of carboxylic acids is 1. The van der Waals surface area contributed by atoms with Gasteiger partial charge in [-0.15, -0.1) is 11.3 Å². The van der Waals surface area contributed by atoms with Crippen LogP contribution in [-0.2, 0) is 26.1 Å². The van der Waals surface area contributed by atoms with Crippen LogP contribution >= 0.6 is 22.9 Å². The Morgan fingerprint density at radius 3 is 2.34 bits per heavy atom. The van der Waals surface area contributed by atoms with Crippen molar-refractivity contribution in [2.45, 2.75) is 51.4 Å². The summed E-state index contributed by atoms with van der Waals surface area (Å²) in [6, 6.07) is 16.1. The predicted molar refractivity (Wildman–Crippen MR) is 188 cm³/mol. The first-order valence-electron chi connectivity index (χ1n) is 15.7. The van der Waals surface area contributed by atoms with Crippen molar-refractivity contribution in [3.8, 4) is 21.7 Å². The summed E-state index contributed by atoms with van der Waals surface area (Å²) in [6.45, 7) is 10.6. The predicted octanol–water partition coefficient (Wildman–Crippen LogP) is 7.48. The van der Waals surface area contributed by atoms with Crippen molar-refractivity contribution in [3.63, 3.8) is 0 Å². The van der Waals surface area contributed by atoms with Crippen LogP contribution in [0.25, 0.3) is 42.8 Å². The molecule has 0 saturated carbocycles. The van der Waals surface area contributed by atoms with Crippen molar-refractivity contribution in [1.29, 1.82) is 0 Å². The largest absolute Gasteiger partial charge is 0.479 e. The van der Waals surface area contributed by atoms with Crippen molar-refractivity contribution in [3.05, 3.63) is 70.4 Å². The van der Waals surface area contributed by atoms with Crippen LogP contribution in [0, 0.1) is 6.92 Å². The number of methoxy groups -OCH3 is 2. The van der Waals surface area contributed by atoms with E-state index < -0.39 is 17.7 Å². The third-order valence-corrected chi connectivity index (χ3v) is 10.1. The molecule has 3 aromatic carbocycles. The molecule has 3 heterocycles. The van der Waals surface area contributed by atoms with Crippen LogP contribution in [-0.4, -0.2) is 82.9 Å². The van der Waals surface area contributed by atoms with Gasteiger partial charge in [0.2, 0.25) is 0 Å². The van der Waals surface area contributed by atoms with E-state index >= 15 is 0 Å². The number of thiazole rings is 1. The monoisotopic (exact) mass is 676 g/mol. The minimum absolute atomic E-state index is 0.215. The first-order valence-corrected chi connectivity index (χ1v) is 16.9. The van der Waals surface area contributed by atoms with Gasteiger partial charge in [-0.25, -0.2) is 9.78 Å². The maximum Gasteiger partial charge on any atom is 0.337 e. The maximum atomic E-state index is 12.7. The lowest BCUT2D eigenvalue weighted by molar-refractivity contribution is -0.160. The number of nitrogens with zero attached hydrogens (tertiary/aromatic N) is 4. The lowest BCUT2D eigenvalue weighted by Crippen LogP contribution is -2.54. The maximum absolute atomic E-state index is 12.7. The number of aliphatic carboxylic acids is 1. The van der Waals surface area contributed by atoms with Gasteiger partial charge in [0.15, 0.2) is 6.10 Å². The highest BCUT2D eigenvalue weighted by Crippen LogP contribution is 2.45. The molecule has 1 aliphatic heterocycles. The van der Waals surface area contributed by atoms with Gasteiger partial charge >= 0.3 is 5.97 Å². The highest BCUT2D eigenvalue weighted by Gasteiger charge is 2.36. The van der Waals surface area contributed by atoms with Gasteiger partial charge in [-0.05, 0) is 75.2 Å². The molecule has 1 fully saturated rings. The van der Waals surface area contributed by atoms with Gasteiger partial charge < -0.3 is 19.3 Å². The number of aromatic nitrogens is 3. The topological polar surface area (TPSA) is 98.9 Å². The number of hydrogen-bond donors (Lipinski definition) is 1. The van der Waals surface area contributed by atoms with Crippen LogP contribution in [0.3, 0.4) is 0 Å². The molecule has 0 bridgehead atoms. The average molecular weight is 677 g/mol. The molecule has 0 unspecified atom stereocenters. The molecule has 248 valence electrons. The van der Waals surface area contributed by atoms with Gasteiger partial charge in [0.25, 0.3) is 0 Å². The Labute approximate surface area is 284 Å². The second-order valence-electron chi connectivity index (χ2n) is 13.3. The molecule has 5 aromatic rings. The SMILES string of the molecule is COCC(COC)N1CC(c2nn(C)c3ccc(-c4nc5cc(C)c([C@H](OC(C)(C)C)C(=O)O)c(-c6ccc(Cl)cc6)c5s4)cc23)C1. The van der Waals surface area contributed by atoms with Crippen molar-refractivity contribution in [2.24, 2.45) is 7.05 Å². The molecular weight excluding hydrogens is 636 g/mol. The molecule has 0 amide bonds. The first kappa shape index (κ1) is 33.5. The number of halogens is 1. The fourth-order valence-electron chi connectivity index (χ4n) is 6.52.